The van der Waals surface area contributed by atoms with E-state index in [4.69, 9.17) is 0 Å². The van der Waals surface area contributed by atoms with Gasteiger partial charge in [-0.05, 0) is 18.8 Å². The summed E-state index contributed by atoms with van der Waals surface area (Å²) in [4.78, 5) is 10.9. The molecule has 0 bridgehead atoms. The zero-order valence-corrected chi connectivity index (χ0v) is 14.9. The molecule has 0 saturated heterocycles. The quantitative estimate of drug-likeness (QED) is 0.460. The molecule has 0 aromatic carbocycles. The molecule has 1 aliphatic carbocycles. The van der Waals surface area contributed by atoms with Crippen LogP contribution in [0.2, 0.25) is 0 Å². The summed E-state index contributed by atoms with van der Waals surface area (Å²) in [6, 6.07) is 0. The van der Waals surface area contributed by atoms with Crippen molar-refractivity contribution in [3.8, 4) is 0 Å². The van der Waals surface area contributed by atoms with Crippen LogP contribution in [0, 0.1) is 5.92 Å². The molecule has 5 nitrogen and oxygen atoms in total. The van der Waals surface area contributed by atoms with Crippen molar-refractivity contribution < 1.29 is 0 Å². The topological polar surface area (TPSA) is 52.6 Å². The van der Waals surface area contributed by atoms with Gasteiger partial charge < -0.3 is 15.5 Å². The summed E-state index contributed by atoms with van der Waals surface area (Å²) in [7, 11) is 5.85. The normalized spacial score (nSPS) is 16.0. The fourth-order valence-electron chi connectivity index (χ4n) is 2.87. The summed E-state index contributed by atoms with van der Waals surface area (Å²) in [5.74, 6) is 1.84. The summed E-state index contributed by atoms with van der Waals surface area (Å²) < 4.78 is 0. The Morgan fingerprint density at radius 2 is 2.14 bits per heavy atom. The molecule has 0 spiro atoms. The van der Waals surface area contributed by atoms with Gasteiger partial charge in [-0.15, -0.1) is 11.3 Å². The number of hydrogen-bond donors (Lipinski definition) is 2. The number of nitrogens with zero attached hydrogens (tertiary/aromatic N) is 3. The first kappa shape index (κ1) is 17.1. The van der Waals surface area contributed by atoms with E-state index in [2.05, 4.69) is 26.0 Å². The summed E-state index contributed by atoms with van der Waals surface area (Å²) >= 11 is 1.67. The van der Waals surface area contributed by atoms with Gasteiger partial charge in [0.2, 0.25) is 0 Å². The molecule has 0 radical (unpaired) electrons. The Hall–Kier alpha value is -1.30. The lowest BCUT2D eigenvalue weighted by Gasteiger charge is -2.12. The van der Waals surface area contributed by atoms with Crippen molar-refractivity contribution in [2.24, 2.45) is 10.9 Å². The zero-order chi connectivity index (χ0) is 15.8. The molecule has 1 aromatic heterocycles. The van der Waals surface area contributed by atoms with Crippen LogP contribution in [0.1, 0.15) is 44.2 Å². The van der Waals surface area contributed by atoms with Crippen molar-refractivity contribution in [3.05, 3.63) is 11.1 Å². The van der Waals surface area contributed by atoms with Crippen LogP contribution < -0.4 is 15.5 Å². The van der Waals surface area contributed by atoms with Crippen LogP contribution in [0.4, 0.5) is 5.13 Å². The molecule has 0 unspecified atom stereocenters. The molecule has 22 heavy (non-hydrogen) atoms. The predicted molar refractivity (Wildman–Crippen MR) is 95.8 cm³/mol. The Bertz CT molecular complexity index is 463. The van der Waals surface area contributed by atoms with E-state index in [1.807, 2.05) is 26.0 Å². The highest BCUT2D eigenvalue weighted by molar-refractivity contribution is 7.13. The second-order valence-electron chi connectivity index (χ2n) is 6.16. The van der Waals surface area contributed by atoms with Gasteiger partial charge in [-0.2, -0.15) is 0 Å². The van der Waals surface area contributed by atoms with Gasteiger partial charge in [-0.3, -0.25) is 4.99 Å². The third-order valence-electron chi connectivity index (χ3n) is 4.14. The lowest BCUT2D eigenvalue weighted by Crippen LogP contribution is -2.37. The summed E-state index contributed by atoms with van der Waals surface area (Å²) in [6.07, 6.45) is 8.32. The molecule has 2 N–H and O–H groups in total. The lowest BCUT2D eigenvalue weighted by molar-refractivity contribution is 0.481. The smallest absolute Gasteiger partial charge is 0.191 e. The van der Waals surface area contributed by atoms with Crippen molar-refractivity contribution >= 4 is 22.4 Å². The van der Waals surface area contributed by atoms with Crippen LogP contribution >= 0.6 is 11.3 Å². The van der Waals surface area contributed by atoms with E-state index in [0.717, 1.165) is 29.2 Å². The maximum Gasteiger partial charge on any atom is 0.191 e. The standard InChI is InChI=1S/C16H29N5S/c1-17-15(18-10-6-9-13-7-4-5-8-13)19-11-14-12-22-16(20-14)21(2)3/h12-13H,4-11H2,1-3H3,(H2,17,18,19). The largest absolute Gasteiger partial charge is 0.356 e. The van der Waals surface area contributed by atoms with Gasteiger partial charge in [0, 0.05) is 33.1 Å². The highest BCUT2D eigenvalue weighted by Gasteiger charge is 2.14. The first-order chi connectivity index (χ1) is 10.7. The first-order valence-corrected chi connectivity index (χ1v) is 9.13. The van der Waals surface area contributed by atoms with Crippen LogP contribution in [-0.4, -0.2) is 38.6 Å². The van der Waals surface area contributed by atoms with E-state index >= 15 is 0 Å². The van der Waals surface area contributed by atoms with Gasteiger partial charge in [0.25, 0.3) is 0 Å². The van der Waals surface area contributed by atoms with E-state index < -0.39 is 0 Å². The Morgan fingerprint density at radius 3 is 2.77 bits per heavy atom. The van der Waals surface area contributed by atoms with E-state index in [9.17, 15) is 0 Å². The Morgan fingerprint density at radius 1 is 1.36 bits per heavy atom. The molecule has 0 amide bonds. The molecular weight excluding hydrogens is 294 g/mol. The Labute approximate surface area is 138 Å². The summed E-state index contributed by atoms with van der Waals surface area (Å²) in [5.41, 5.74) is 1.06. The van der Waals surface area contributed by atoms with E-state index in [0.29, 0.717) is 6.54 Å². The molecule has 1 heterocycles. The third-order valence-corrected chi connectivity index (χ3v) is 5.20. The maximum atomic E-state index is 4.56. The lowest BCUT2D eigenvalue weighted by atomic mass is 10.0. The molecule has 1 aliphatic rings. The SMILES string of the molecule is CN=C(NCCCC1CCCC1)NCc1csc(N(C)C)n1. The van der Waals surface area contributed by atoms with Crippen molar-refractivity contribution in [3.63, 3.8) is 0 Å². The van der Waals surface area contributed by atoms with Gasteiger partial charge in [-0.25, -0.2) is 4.98 Å². The molecular formula is C16H29N5S. The second kappa shape index (κ2) is 8.98. The maximum absolute atomic E-state index is 4.56. The number of guanidine groups is 1. The van der Waals surface area contributed by atoms with Gasteiger partial charge in [0.05, 0.1) is 12.2 Å². The number of hydrogen-bond acceptors (Lipinski definition) is 4. The van der Waals surface area contributed by atoms with Gasteiger partial charge in [0.15, 0.2) is 11.1 Å². The average molecular weight is 324 g/mol. The highest BCUT2D eigenvalue weighted by atomic mass is 32.1. The van der Waals surface area contributed by atoms with Crippen LogP contribution in [0.5, 0.6) is 0 Å². The van der Waals surface area contributed by atoms with Crippen molar-refractivity contribution in [2.75, 3.05) is 32.6 Å². The summed E-state index contributed by atoms with van der Waals surface area (Å²) in [6.45, 7) is 1.71. The van der Waals surface area contributed by atoms with E-state index in [1.54, 1.807) is 11.3 Å². The number of thiazole rings is 1. The van der Waals surface area contributed by atoms with Crippen molar-refractivity contribution in [1.82, 2.24) is 15.6 Å². The van der Waals surface area contributed by atoms with Gasteiger partial charge >= 0.3 is 0 Å². The number of aliphatic imine (C=N–C) groups is 1. The average Bonchev–Trinajstić information content (AvgIpc) is 3.18. The molecule has 1 aromatic rings. The minimum Gasteiger partial charge on any atom is -0.356 e. The Kier molecular flexibility index (Phi) is 6.96. The third kappa shape index (κ3) is 5.48. The minimum absolute atomic E-state index is 0.715. The molecule has 6 heteroatoms. The highest BCUT2D eigenvalue weighted by Crippen LogP contribution is 2.28. The van der Waals surface area contributed by atoms with Crippen molar-refractivity contribution in [1.29, 1.82) is 0 Å². The van der Waals surface area contributed by atoms with E-state index in [-0.39, 0.29) is 0 Å². The fraction of sp³-hybridized carbons (Fsp3) is 0.750. The molecule has 2 rings (SSSR count). The van der Waals surface area contributed by atoms with Crippen LogP contribution in [-0.2, 0) is 6.54 Å². The molecule has 0 atom stereocenters. The predicted octanol–water partition coefficient (Wildman–Crippen LogP) is 2.84. The van der Waals surface area contributed by atoms with E-state index in [1.165, 1.54) is 38.5 Å². The summed E-state index contributed by atoms with van der Waals surface area (Å²) in [5, 5.41) is 9.86. The molecule has 124 valence electrons. The molecule has 0 aliphatic heterocycles. The number of aromatic nitrogens is 1. The minimum atomic E-state index is 0.715. The van der Waals surface area contributed by atoms with Crippen LogP contribution in [0.3, 0.4) is 0 Å². The Balaban J connectivity index is 1.63. The van der Waals surface area contributed by atoms with Crippen molar-refractivity contribution in [2.45, 2.75) is 45.1 Å². The fourth-order valence-corrected chi connectivity index (χ4v) is 3.63. The first-order valence-electron chi connectivity index (χ1n) is 8.25. The van der Waals surface area contributed by atoms with Crippen LogP contribution in [0.25, 0.3) is 0 Å². The number of anilines is 1. The van der Waals surface area contributed by atoms with Crippen LogP contribution in [0.15, 0.2) is 10.4 Å². The zero-order valence-electron chi connectivity index (χ0n) is 14.1. The molecule has 1 saturated carbocycles. The van der Waals surface area contributed by atoms with Gasteiger partial charge in [-0.1, -0.05) is 25.7 Å². The second-order valence-corrected chi connectivity index (χ2v) is 7.00. The molecule has 1 fully saturated rings. The number of rotatable bonds is 7. The monoisotopic (exact) mass is 323 g/mol. The number of nitrogens with one attached hydrogen (secondary N) is 2. The van der Waals surface area contributed by atoms with Gasteiger partial charge in [0.1, 0.15) is 0 Å².